The number of anilines is 1. The van der Waals surface area contributed by atoms with E-state index in [1.165, 1.54) is 36.9 Å². The zero-order chi connectivity index (χ0) is 10.3. The van der Waals surface area contributed by atoms with Crippen molar-refractivity contribution in [3.05, 3.63) is 23.8 Å². The zero-order valence-electron chi connectivity index (χ0n) is 9.12. The molecule has 0 radical (unpaired) electrons. The molecule has 2 atom stereocenters. The molecule has 80 valence electrons. The Balaban J connectivity index is 1.92. The second kappa shape index (κ2) is 3.44. The number of aryl methyl sites for hydroxylation is 1. The quantitative estimate of drug-likeness (QED) is 0.699. The lowest BCUT2D eigenvalue weighted by Gasteiger charge is -2.38. The van der Waals surface area contributed by atoms with E-state index in [-0.39, 0.29) is 0 Å². The van der Waals surface area contributed by atoms with Crippen molar-refractivity contribution in [3.8, 4) is 5.75 Å². The van der Waals surface area contributed by atoms with Crippen LogP contribution in [0.25, 0.3) is 0 Å². The first-order valence-electron chi connectivity index (χ1n) is 5.87. The van der Waals surface area contributed by atoms with E-state index in [4.69, 9.17) is 4.74 Å². The van der Waals surface area contributed by atoms with Crippen molar-refractivity contribution in [3.63, 3.8) is 0 Å². The summed E-state index contributed by atoms with van der Waals surface area (Å²) in [5.74, 6) is 1.04. The van der Waals surface area contributed by atoms with Crippen LogP contribution in [0.15, 0.2) is 18.2 Å². The maximum atomic E-state index is 6.05. The SMILES string of the molecule is Cc1ccc2c(c1)OC1CCCCC1N2. The lowest BCUT2D eigenvalue weighted by Crippen LogP contribution is -2.43. The fourth-order valence-electron chi connectivity index (χ4n) is 2.61. The first-order valence-corrected chi connectivity index (χ1v) is 5.87. The lowest BCUT2D eigenvalue weighted by molar-refractivity contribution is 0.131. The summed E-state index contributed by atoms with van der Waals surface area (Å²) in [6, 6.07) is 6.94. The van der Waals surface area contributed by atoms with Gasteiger partial charge >= 0.3 is 0 Å². The molecule has 2 aliphatic rings. The third kappa shape index (κ3) is 1.58. The molecule has 1 aliphatic heterocycles. The molecule has 2 heteroatoms. The molecule has 1 aromatic carbocycles. The smallest absolute Gasteiger partial charge is 0.143 e. The van der Waals surface area contributed by atoms with Crippen molar-refractivity contribution >= 4 is 5.69 Å². The Bertz CT molecular complexity index is 375. The summed E-state index contributed by atoms with van der Waals surface area (Å²) in [4.78, 5) is 0. The van der Waals surface area contributed by atoms with E-state index in [2.05, 4.69) is 30.4 Å². The molecule has 1 fully saturated rings. The predicted octanol–water partition coefficient (Wildman–Crippen LogP) is 3.11. The zero-order valence-corrected chi connectivity index (χ0v) is 9.12. The Morgan fingerprint density at radius 2 is 2.13 bits per heavy atom. The number of ether oxygens (including phenoxy) is 1. The van der Waals surface area contributed by atoms with Gasteiger partial charge in [0.05, 0.1) is 11.7 Å². The molecule has 0 amide bonds. The minimum Gasteiger partial charge on any atom is -0.486 e. The molecule has 0 aromatic heterocycles. The minimum absolute atomic E-state index is 0.396. The molecule has 1 N–H and O–H groups in total. The molecular weight excluding hydrogens is 186 g/mol. The van der Waals surface area contributed by atoms with Gasteiger partial charge in [-0.05, 0) is 43.9 Å². The molecule has 1 aliphatic carbocycles. The van der Waals surface area contributed by atoms with Gasteiger partial charge in [-0.25, -0.2) is 0 Å². The van der Waals surface area contributed by atoms with Gasteiger partial charge in [-0.3, -0.25) is 0 Å². The Morgan fingerprint density at radius 1 is 1.27 bits per heavy atom. The van der Waals surface area contributed by atoms with Crippen molar-refractivity contribution in [1.82, 2.24) is 0 Å². The fourth-order valence-corrected chi connectivity index (χ4v) is 2.61. The Labute approximate surface area is 90.6 Å². The summed E-state index contributed by atoms with van der Waals surface area (Å²) in [5.41, 5.74) is 2.44. The first-order chi connectivity index (χ1) is 7.33. The van der Waals surface area contributed by atoms with Crippen molar-refractivity contribution in [2.24, 2.45) is 0 Å². The van der Waals surface area contributed by atoms with Gasteiger partial charge in [0.15, 0.2) is 0 Å². The van der Waals surface area contributed by atoms with Crippen molar-refractivity contribution in [2.75, 3.05) is 5.32 Å². The summed E-state index contributed by atoms with van der Waals surface area (Å²) in [7, 11) is 0. The largest absolute Gasteiger partial charge is 0.486 e. The van der Waals surface area contributed by atoms with Gasteiger partial charge in [-0.15, -0.1) is 0 Å². The second-order valence-corrected chi connectivity index (χ2v) is 4.69. The van der Waals surface area contributed by atoms with Crippen LogP contribution in [-0.4, -0.2) is 12.1 Å². The summed E-state index contributed by atoms with van der Waals surface area (Å²) in [6.45, 7) is 2.11. The molecule has 15 heavy (non-hydrogen) atoms. The van der Waals surface area contributed by atoms with Gasteiger partial charge in [0.1, 0.15) is 11.9 Å². The fraction of sp³-hybridized carbons (Fsp3) is 0.538. The van der Waals surface area contributed by atoms with Crippen LogP contribution in [0.5, 0.6) is 5.75 Å². The molecule has 1 aromatic rings. The highest BCUT2D eigenvalue weighted by molar-refractivity contribution is 5.60. The second-order valence-electron chi connectivity index (χ2n) is 4.69. The summed E-state index contributed by atoms with van der Waals surface area (Å²) in [5, 5.41) is 3.60. The van der Waals surface area contributed by atoms with E-state index < -0.39 is 0 Å². The highest BCUT2D eigenvalue weighted by atomic mass is 16.5. The number of hydrogen-bond acceptors (Lipinski definition) is 2. The van der Waals surface area contributed by atoms with Crippen LogP contribution in [-0.2, 0) is 0 Å². The summed E-state index contributed by atoms with van der Waals surface area (Å²) in [6.07, 6.45) is 5.49. The van der Waals surface area contributed by atoms with Crippen LogP contribution in [0.2, 0.25) is 0 Å². The lowest BCUT2D eigenvalue weighted by atomic mass is 9.91. The standard InChI is InChI=1S/C13H17NO/c1-9-6-7-11-13(8-9)15-12-5-3-2-4-10(12)14-11/h6-8,10,12,14H,2-5H2,1H3. The third-order valence-electron chi connectivity index (χ3n) is 3.46. The highest BCUT2D eigenvalue weighted by Crippen LogP contribution is 2.36. The summed E-state index contributed by atoms with van der Waals surface area (Å²) >= 11 is 0. The van der Waals surface area contributed by atoms with Gasteiger partial charge in [0.25, 0.3) is 0 Å². The maximum absolute atomic E-state index is 6.05. The Hall–Kier alpha value is -1.18. The van der Waals surface area contributed by atoms with Gasteiger partial charge < -0.3 is 10.1 Å². The molecule has 3 rings (SSSR count). The Kier molecular flexibility index (Phi) is 2.08. The topological polar surface area (TPSA) is 21.3 Å². The number of fused-ring (bicyclic) bond motifs is 2. The minimum atomic E-state index is 0.396. The number of nitrogens with one attached hydrogen (secondary N) is 1. The van der Waals surface area contributed by atoms with Crippen LogP contribution in [0.3, 0.4) is 0 Å². The van der Waals surface area contributed by atoms with Gasteiger partial charge in [-0.2, -0.15) is 0 Å². The van der Waals surface area contributed by atoms with Gasteiger partial charge in [-0.1, -0.05) is 12.5 Å². The predicted molar refractivity (Wildman–Crippen MR) is 61.5 cm³/mol. The van der Waals surface area contributed by atoms with E-state index >= 15 is 0 Å². The van der Waals surface area contributed by atoms with Crippen LogP contribution in [0, 0.1) is 6.92 Å². The molecule has 0 saturated heterocycles. The van der Waals surface area contributed by atoms with Crippen LogP contribution in [0.1, 0.15) is 31.2 Å². The van der Waals surface area contributed by atoms with Crippen LogP contribution < -0.4 is 10.1 Å². The number of benzene rings is 1. The van der Waals surface area contributed by atoms with Crippen molar-refractivity contribution in [1.29, 1.82) is 0 Å². The highest BCUT2D eigenvalue weighted by Gasteiger charge is 2.31. The molecule has 1 heterocycles. The van der Waals surface area contributed by atoms with E-state index in [0.717, 1.165) is 5.75 Å². The first kappa shape index (κ1) is 9.08. The van der Waals surface area contributed by atoms with Crippen molar-refractivity contribution < 1.29 is 4.74 Å². The molecule has 2 unspecified atom stereocenters. The van der Waals surface area contributed by atoms with Crippen LogP contribution >= 0.6 is 0 Å². The molecule has 0 spiro atoms. The third-order valence-corrected chi connectivity index (χ3v) is 3.46. The molecular formula is C13H17NO. The van der Waals surface area contributed by atoms with E-state index in [9.17, 15) is 0 Å². The normalized spacial score (nSPS) is 28.3. The number of rotatable bonds is 0. The molecule has 0 bridgehead atoms. The number of hydrogen-bond donors (Lipinski definition) is 1. The average molecular weight is 203 g/mol. The van der Waals surface area contributed by atoms with Gasteiger partial charge in [0, 0.05) is 0 Å². The maximum Gasteiger partial charge on any atom is 0.143 e. The van der Waals surface area contributed by atoms with E-state index in [0.29, 0.717) is 12.1 Å². The monoisotopic (exact) mass is 203 g/mol. The average Bonchev–Trinajstić information content (AvgIpc) is 2.26. The van der Waals surface area contributed by atoms with Crippen LogP contribution in [0.4, 0.5) is 5.69 Å². The molecule has 1 saturated carbocycles. The van der Waals surface area contributed by atoms with E-state index in [1.54, 1.807) is 0 Å². The molecule has 2 nitrogen and oxygen atoms in total. The Morgan fingerprint density at radius 3 is 3.07 bits per heavy atom. The van der Waals surface area contributed by atoms with E-state index in [1.807, 2.05) is 0 Å². The van der Waals surface area contributed by atoms with Crippen molar-refractivity contribution in [2.45, 2.75) is 44.8 Å². The van der Waals surface area contributed by atoms with Gasteiger partial charge in [0.2, 0.25) is 0 Å². The summed E-state index contributed by atoms with van der Waals surface area (Å²) < 4.78 is 6.05.